The number of rotatable bonds is 3. The van der Waals surface area contributed by atoms with E-state index in [-0.39, 0.29) is 5.92 Å². The second kappa shape index (κ2) is 4.95. The highest BCUT2D eigenvalue weighted by molar-refractivity contribution is 8.00. The van der Waals surface area contributed by atoms with Gasteiger partial charge in [-0.05, 0) is 32.3 Å². The number of nitrogens with one attached hydrogen (secondary N) is 1. The Balaban J connectivity index is 2.48. The van der Waals surface area contributed by atoms with Crippen molar-refractivity contribution in [2.45, 2.75) is 32.4 Å². The number of amides is 1. The summed E-state index contributed by atoms with van der Waals surface area (Å²) in [5.74, 6) is 0.547. The summed E-state index contributed by atoms with van der Waals surface area (Å²) in [5, 5.41) is 11.4. The number of carbonyl (C=O) groups is 2. The standard InChI is InChI=1S/C10H17NO4S/c1-10(2,3)15-9(14)11-7(8(12)13)6-4-16-5-6/h6-7H,4-5H2,1-3H3,(H,11,14)(H,12,13). The Morgan fingerprint density at radius 2 is 2.00 bits per heavy atom. The predicted octanol–water partition coefficient (Wildman–Crippen LogP) is 1.33. The smallest absolute Gasteiger partial charge is 0.408 e. The molecule has 0 saturated carbocycles. The molecule has 5 nitrogen and oxygen atoms in total. The molecule has 1 amide bonds. The number of hydrogen-bond acceptors (Lipinski definition) is 4. The van der Waals surface area contributed by atoms with E-state index in [2.05, 4.69) is 5.32 Å². The third kappa shape index (κ3) is 3.92. The van der Waals surface area contributed by atoms with Crippen LogP contribution in [0.25, 0.3) is 0 Å². The lowest BCUT2D eigenvalue weighted by molar-refractivity contribution is -0.140. The van der Waals surface area contributed by atoms with Gasteiger partial charge in [0.05, 0.1) is 0 Å². The van der Waals surface area contributed by atoms with E-state index in [1.54, 1.807) is 32.5 Å². The van der Waals surface area contributed by atoms with Gasteiger partial charge >= 0.3 is 12.1 Å². The molecule has 0 aromatic heterocycles. The molecule has 0 radical (unpaired) electrons. The molecule has 2 N–H and O–H groups in total. The fraction of sp³-hybridized carbons (Fsp3) is 0.800. The predicted molar refractivity (Wildman–Crippen MR) is 61.6 cm³/mol. The Kier molecular flexibility index (Phi) is 4.07. The lowest BCUT2D eigenvalue weighted by atomic mass is 10.0. The van der Waals surface area contributed by atoms with E-state index in [4.69, 9.17) is 9.84 Å². The summed E-state index contributed by atoms with van der Waals surface area (Å²) in [6, 6.07) is -0.837. The highest BCUT2D eigenvalue weighted by atomic mass is 32.2. The first-order valence-corrected chi connectivity index (χ1v) is 6.25. The van der Waals surface area contributed by atoms with Gasteiger partial charge in [-0.2, -0.15) is 11.8 Å². The van der Waals surface area contributed by atoms with Gasteiger partial charge in [-0.15, -0.1) is 0 Å². The average Bonchev–Trinajstić information content (AvgIpc) is 1.95. The third-order valence-electron chi connectivity index (χ3n) is 2.07. The molecule has 1 aliphatic heterocycles. The van der Waals surface area contributed by atoms with Crippen molar-refractivity contribution in [1.29, 1.82) is 0 Å². The zero-order valence-corrected chi connectivity index (χ0v) is 10.5. The molecule has 1 heterocycles. The van der Waals surface area contributed by atoms with Crippen molar-refractivity contribution in [2.75, 3.05) is 11.5 Å². The van der Waals surface area contributed by atoms with E-state index < -0.39 is 23.7 Å². The summed E-state index contributed by atoms with van der Waals surface area (Å²) in [6.07, 6.45) is -0.670. The molecule has 92 valence electrons. The minimum absolute atomic E-state index is 0.00928. The molecule has 0 aromatic carbocycles. The van der Waals surface area contributed by atoms with Crippen LogP contribution >= 0.6 is 11.8 Å². The first-order valence-electron chi connectivity index (χ1n) is 5.09. The van der Waals surface area contributed by atoms with Crippen LogP contribution in [0.3, 0.4) is 0 Å². The molecule has 1 unspecified atom stereocenters. The van der Waals surface area contributed by atoms with E-state index in [1.165, 1.54) is 0 Å². The van der Waals surface area contributed by atoms with Crippen LogP contribution < -0.4 is 5.32 Å². The molecule has 1 atom stereocenters. The fourth-order valence-corrected chi connectivity index (χ4v) is 2.15. The summed E-state index contributed by atoms with van der Waals surface area (Å²) >= 11 is 1.68. The molecule has 1 rings (SSSR count). The molecule has 1 saturated heterocycles. The van der Waals surface area contributed by atoms with Crippen LogP contribution in [0.15, 0.2) is 0 Å². The monoisotopic (exact) mass is 247 g/mol. The maximum atomic E-state index is 11.4. The van der Waals surface area contributed by atoms with Crippen molar-refractivity contribution in [2.24, 2.45) is 5.92 Å². The van der Waals surface area contributed by atoms with Crippen LogP contribution in [0.5, 0.6) is 0 Å². The van der Waals surface area contributed by atoms with Crippen molar-refractivity contribution in [3.05, 3.63) is 0 Å². The van der Waals surface area contributed by atoms with Gasteiger partial charge in [-0.3, -0.25) is 0 Å². The summed E-state index contributed by atoms with van der Waals surface area (Å²) in [6.45, 7) is 5.21. The van der Waals surface area contributed by atoms with E-state index >= 15 is 0 Å². The normalized spacial score (nSPS) is 18.4. The maximum absolute atomic E-state index is 11.4. The second-order valence-electron chi connectivity index (χ2n) is 4.76. The Morgan fingerprint density at radius 1 is 1.44 bits per heavy atom. The molecule has 1 aliphatic rings. The van der Waals surface area contributed by atoms with E-state index in [1.807, 2.05) is 0 Å². The Morgan fingerprint density at radius 3 is 2.31 bits per heavy atom. The summed E-state index contributed by atoms with van der Waals surface area (Å²) < 4.78 is 5.02. The number of ether oxygens (including phenoxy) is 1. The Bertz CT molecular complexity index is 283. The van der Waals surface area contributed by atoms with Crippen LogP contribution in [-0.2, 0) is 9.53 Å². The van der Waals surface area contributed by atoms with E-state index in [9.17, 15) is 9.59 Å². The molecule has 16 heavy (non-hydrogen) atoms. The number of aliphatic carboxylic acids is 1. The average molecular weight is 247 g/mol. The molecular formula is C10H17NO4S. The van der Waals surface area contributed by atoms with Crippen molar-refractivity contribution >= 4 is 23.8 Å². The highest BCUT2D eigenvalue weighted by Crippen LogP contribution is 2.27. The quantitative estimate of drug-likeness (QED) is 0.786. The van der Waals surface area contributed by atoms with Gasteiger partial charge in [-0.1, -0.05) is 0 Å². The number of alkyl carbamates (subject to hydrolysis) is 1. The minimum atomic E-state index is -1.00. The van der Waals surface area contributed by atoms with Crippen LogP contribution in [0, 0.1) is 5.92 Å². The van der Waals surface area contributed by atoms with E-state index in [0.717, 1.165) is 11.5 Å². The SMILES string of the molecule is CC(C)(C)OC(=O)NC(C(=O)O)C1CSC1. The van der Waals surface area contributed by atoms with Crippen molar-refractivity contribution in [3.8, 4) is 0 Å². The summed E-state index contributed by atoms with van der Waals surface area (Å²) in [5.41, 5.74) is -0.610. The van der Waals surface area contributed by atoms with Crippen LogP contribution in [-0.4, -0.2) is 40.3 Å². The Hall–Kier alpha value is -0.910. The minimum Gasteiger partial charge on any atom is -0.480 e. The van der Waals surface area contributed by atoms with Gasteiger partial charge in [-0.25, -0.2) is 9.59 Å². The molecule has 1 fully saturated rings. The number of carboxylic acids is 1. The number of carbonyl (C=O) groups excluding carboxylic acids is 1. The van der Waals surface area contributed by atoms with Gasteiger partial charge in [0, 0.05) is 5.92 Å². The molecule has 0 aliphatic carbocycles. The van der Waals surface area contributed by atoms with E-state index in [0.29, 0.717) is 0 Å². The topological polar surface area (TPSA) is 75.6 Å². The zero-order valence-electron chi connectivity index (χ0n) is 9.65. The van der Waals surface area contributed by atoms with Crippen LogP contribution in [0.1, 0.15) is 20.8 Å². The third-order valence-corrected chi connectivity index (χ3v) is 3.40. The summed E-state index contributed by atoms with van der Waals surface area (Å²) in [7, 11) is 0. The lowest BCUT2D eigenvalue weighted by Gasteiger charge is -2.31. The molecule has 0 spiro atoms. The first kappa shape index (κ1) is 13.2. The molecule has 6 heteroatoms. The van der Waals surface area contributed by atoms with Gasteiger partial charge < -0.3 is 15.2 Å². The number of thioether (sulfide) groups is 1. The van der Waals surface area contributed by atoms with Crippen molar-refractivity contribution < 1.29 is 19.4 Å². The molecule has 0 aromatic rings. The summed E-state index contributed by atoms with van der Waals surface area (Å²) in [4.78, 5) is 22.4. The van der Waals surface area contributed by atoms with Gasteiger partial charge in [0.2, 0.25) is 0 Å². The van der Waals surface area contributed by atoms with Crippen LogP contribution in [0.4, 0.5) is 4.79 Å². The largest absolute Gasteiger partial charge is 0.480 e. The molecule has 0 bridgehead atoms. The molecular weight excluding hydrogens is 230 g/mol. The lowest BCUT2D eigenvalue weighted by Crippen LogP contribution is -2.51. The fourth-order valence-electron chi connectivity index (χ4n) is 1.26. The Labute approximate surface area is 98.9 Å². The van der Waals surface area contributed by atoms with Crippen molar-refractivity contribution in [3.63, 3.8) is 0 Å². The van der Waals surface area contributed by atoms with Gasteiger partial charge in [0.1, 0.15) is 11.6 Å². The zero-order chi connectivity index (χ0) is 12.3. The number of carboxylic acid groups (broad SMARTS) is 1. The van der Waals surface area contributed by atoms with Crippen molar-refractivity contribution in [1.82, 2.24) is 5.32 Å². The second-order valence-corrected chi connectivity index (χ2v) is 5.83. The number of hydrogen-bond donors (Lipinski definition) is 2. The highest BCUT2D eigenvalue weighted by Gasteiger charge is 2.35. The van der Waals surface area contributed by atoms with Gasteiger partial charge in [0.25, 0.3) is 0 Å². The first-order chi connectivity index (χ1) is 7.29. The maximum Gasteiger partial charge on any atom is 0.408 e. The van der Waals surface area contributed by atoms with Gasteiger partial charge in [0.15, 0.2) is 0 Å². The van der Waals surface area contributed by atoms with Crippen LogP contribution in [0.2, 0.25) is 0 Å².